The van der Waals surface area contributed by atoms with Crippen molar-refractivity contribution >= 4 is 17.8 Å². The molecule has 0 fully saturated rings. The lowest BCUT2D eigenvalue weighted by molar-refractivity contribution is -0.137. The van der Waals surface area contributed by atoms with Crippen molar-refractivity contribution in [2.75, 3.05) is 12.3 Å². The fraction of sp³-hybridized carbons (Fsp3) is 0.304. The molecule has 9 heteroatoms. The zero-order valence-electron chi connectivity index (χ0n) is 17.6. The Bertz CT molecular complexity index is 1120. The summed E-state index contributed by atoms with van der Waals surface area (Å²) in [5, 5.41) is 11.2. The summed E-state index contributed by atoms with van der Waals surface area (Å²) in [6.07, 6.45) is 3.21. The summed E-state index contributed by atoms with van der Waals surface area (Å²) in [4.78, 5) is 39.0. The van der Waals surface area contributed by atoms with E-state index in [0.29, 0.717) is 18.5 Å². The Hall–Kier alpha value is -3.88. The van der Waals surface area contributed by atoms with Gasteiger partial charge in [-0.15, -0.1) is 0 Å². The molecular weight excluding hydrogens is 412 g/mol. The molecule has 0 aliphatic rings. The smallest absolute Gasteiger partial charge is 0.303 e. The second-order valence-corrected chi connectivity index (χ2v) is 7.37. The first kappa shape index (κ1) is 22.8. The van der Waals surface area contributed by atoms with Crippen molar-refractivity contribution in [2.24, 2.45) is 0 Å². The van der Waals surface area contributed by atoms with E-state index in [9.17, 15) is 14.4 Å². The van der Waals surface area contributed by atoms with Crippen LogP contribution >= 0.6 is 0 Å². The SMILES string of the molecule is Nc1nc(CCc2cccc(-c3ccco3)c2)cc(=O)n1CCNC(=O)CCCC(=O)O. The van der Waals surface area contributed by atoms with Gasteiger partial charge >= 0.3 is 5.97 Å². The monoisotopic (exact) mass is 438 g/mol. The van der Waals surface area contributed by atoms with Gasteiger partial charge in [0.25, 0.3) is 5.56 Å². The van der Waals surface area contributed by atoms with Crippen LogP contribution in [0.25, 0.3) is 11.3 Å². The summed E-state index contributed by atoms with van der Waals surface area (Å²) >= 11 is 0. The molecular formula is C23H26N4O5. The third-order valence-electron chi connectivity index (χ3n) is 4.95. The molecule has 0 saturated heterocycles. The molecule has 4 N–H and O–H groups in total. The van der Waals surface area contributed by atoms with E-state index in [4.69, 9.17) is 15.3 Å². The molecule has 9 nitrogen and oxygen atoms in total. The third kappa shape index (κ3) is 6.56. The van der Waals surface area contributed by atoms with Gasteiger partial charge in [-0.05, 0) is 43.0 Å². The number of benzene rings is 1. The Balaban J connectivity index is 1.53. The summed E-state index contributed by atoms with van der Waals surface area (Å²) < 4.78 is 6.74. The number of aliphatic carboxylic acids is 1. The Labute approximate surface area is 184 Å². The number of furan rings is 1. The average molecular weight is 438 g/mol. The van der Waals surface area contributed by atoms with Gasteiger partial charge in [-0.1, -0.05) is 18.2 Å². The van der Waals surface area contributed by atoms with Gasteiger partial charge in [0.05, 0.1) is 12.0 Å². The minimum Gasteiger partial charge on any atom is -0.481 e. The number of nitrogens with two attached hydrogens (primary N) is 1. The highest BCUT2D eigenvalue weighted by Gasteiger charge is 2.09. The number of carboxylic acids is 1. The molecule has 0 spiro atoms. The Morgan fingerprint density at radius 1 is 1.12 bits per heavy atom. The molecule has 0 radical (unpaired) electrons. The highest BCUT2D eigenvalue weighted by atomic mass is 16.4. The molecule has 0 atom stereocenters. The van der Waals surface area contributed by atoms with Crippen molar-refractivity contribution in [3.05, 3.63) is 70.3 Å². The van der Waals surface area contributed by atoms with Gasteiger partial charge in [-0.3, -0.25) is 19.0 Å². The van der Waals surface area contributed by atoms with Crippen LogP contribution < -0.4 is 16.6 Å². The number of hydrogen-bond donors (Lipinski definition) is 3. The largest absolute Gasteiger partial charge is 0.481 e. The van der Waals surface area contributed by atoms with Gasteiger partial charge in [-0.2, -0.15) is 0 Å². The zero-order chi connectivity index (χ0) is 22.9. The van der Waals surface area contributed by atoms with Crippen LogP contribution in [0.3, 0.4) is 0 Å². The van der Waals surface area contributed by atoms with Crippen LogP contribution in [0.2, 0.25) is 0 Å². The van der Waals surface area contributed by atoms with Crippen LogP contribution in [0.1, 0.15) is 30.5 Å². The first-order chi connectivity index (χ1) is 15.4. The standard InChI is InChI=1S/C23H26N4O5/c24-23-26-18(10-9-16-4-1-5-17(14-16)19-6-3-13-32-19)15-21(29)27(23)12-11-25-20(28)7-2-8-22(30)31/h1,3-6,13-15H,2,7-12H2,(H2,24,26)(H,25,28)(H,30,31). The maximum Gasteiger partial charge on any atom is 0.303 e. The molecule has 3 rings (SSSR count). The van der Waals surface area contributed by atoms with Gasteiger partial charge in [-0.25, -0.2) is 4.98 Å². The van der Waals surface area contributed by atoms with Crippen molar-refractivity contribution < 1.29 is 19.1 Å². The van der Waals surface area contributed by atoms with Crippen LogP contribution in [-0.4, -0.2) is 33.1 Å². The number of rotatable bonds is 11. The maximum absolute atomic E-state index is 12.5. The predicted octanol–water partition coefficient (Wildman–Crippen LogP) is 2.24. The molecule has 32 heavy (non-hydrogen) atoms. The molecule has 0 bridgehead atoms. The van der Waals surface area contributed by atoms with Gasteiger partial charge in [0.2, 0.25) is 11.9 Å². The van der Waals surface area contributed by atoms with Crippen LogP contribution in [0, 0.1) is 0 Å². The molecule has 0 aliphatic carbocycles. The number of aryl methyl sites for hydroxylation is 2. The number of aromatic nitrogens is 2. The number of carboxylic acid groups (broad SMARTS) is 1. The van der Waals surface area contributed by atoms with Crippen LogP contribution in [0.15, 0.2) is 57.9 Å². The second-order valence-electron chi connectivity index (χ2n) is 7.37. The fourth-order valence-corrected chi connectivity index (χ4v) is 3.32. The lowest BCUT2D eigenvalue weighted by Gasteiger charge is -2.11. The molecule has 0 unspecified atom stereocenters. The van der Waals surface area contributed by atoms with E-state index in [-0.39, 0.29) is 49.8 Å². The van der Waals surface area contributed by atoms with E-state index >= 15 is 0 Å². The lowest BCUT2D eigenvalue weighted by Crippen LogP contribution is -2.32. The molecule has 2 heterocycles. The molecule has 1 aromatic carbocycles. The van der Waals surface area contributed by atoms with E-state index in [0.717, 1.165) is 16.9 Å². The van der Waals surface area contributed by atoms with Gasteiger partial charge in [0.15, 0.2) is 0 Å². The minimum absolute atomic E-state index is 0.0572. The summed E-state index contributed by atoms with van der Waals surface area (Å²) in [6, 6.07) is 13.2. The van der Waals surface area contributed by atoms with Crippen molar-refractivity contribution in [1.82, 2.24) is 14.9 Å². The minimum atomic E-state index is -0.937. The fourth-order valence-electron chi connectivity index (χ4n) is 3.32. The van der Waals surface area contributed by atoms with Crippen molar-refractivity contribution in [3.63, 3.8) is 0 Å². The van der Waals surface area contributed by atoms with E-state index in [1.54, 1.807) is 6.26 Å². The van der Waals surface area contributed by atoms with Gasteiger partial charge in [0, 0.05) is 37.6 Å². The Kier molecular flexibility index (Phi) is 7.80. The van der Waals surface area contributed by atoms with Gasteiger partial charge < -0.3 is 20.6 Å². The van der Waals surface area contributed by atoms with Gasteiger partial charge in [0.1, 0.15) is 5.76 Å². The molecule has 1 amide bonds. The topological polar surface area (TPSA) is 140 Å². The highest BCUT2D eigenvalue weighted by molar-refractivity contribution is 5.76. The summed E-state index contributed by atoms with van der Waals surface area (Å²) in [7, 11) is 0. The van der Waals surface area contributed by atoms with E-state index in [1.807, 2.05) is 36.4 Å². The van der Waals surface area contributed by atoms with Crippen molar-refractivity contribution in [1.29, 1.82) is 0 Å². The number of nitrogen functional groups attached to an aromatic ring is 1. The van der Waals surface area contributed by atoms with E-state index < -0.39 is 5.97 Å². The number of carbonyl (C=O) groups excluding carboxylic acids is 1. The summed E-state index contributed by atoms with van der Waals surface area (Å²) in [5.41, 5.74) is 8.37. The van der Waals surface area contributed by atoms with Crippen LogP contribution in [-0.2, 0) is 29.0 Å². The number of hydrogen-bond acceptors (Lipinski definition) is 6. The highest BCUT2D eigenvalue weighted by Crippen LogP contribution is 2.21. The van der Waals surface area contributed by atoms with E-state index in [1.165, 1.54) is 10.6 Å². The van der Waals surface area contributed by atoms with Crippen LogP contribution in [0.4, 0.5) is 5.95 Å². The Morgan fingerprint density at radius 2 is 1.97 bits per heavy atom. The summed E-state index contributed by atoms with van der Waals surface area (Å²) in [6.45, 7) is 0.393. The zero-order valence-corrected chi connectivity index (χ0v) is 17.6. The normalized spacial score (nSPS) is 10.8. The molecule has 2 aromatic heterocycles. The number of amides is 1. The predicted molar refractivity (Wildman–Crippen MR) is 119 cm³/mol. The quantitative estimate of drug-likeness (QED) is 0.417. The number of nitrogens with zero attached hydrogens (tertiary/aromatic N) is 2. The third-order valence-corrected chi connectivity index (χ3v) is 4.95. The molecule has 0 saturated carbocycles. The maximum atomic E-state index is 12.5. The van der Waals surface area contributed by atoms with Crippen molar-refractivity contribution in [3.8, 4) is 11.3 Å². The van der Waals surface area contributed by atoms with E-state index in [2.05, 4.69) is 10.3 Å². The first-order valence-corrected chi connectivity index (χ1v) is 10.4. The average Bonchev–Trinajstić information content (AvgIpc) is 3.29. The Morgan fingerprint density at radius 3 is 2.69 bits per heavy atom. The number of anilines is 1. The molecule has 3 aromatic rings. The second kappa shape index (κ2) is 10.9. The lowest BCUT2D eigenvalue weighted by atomic mass is 10.0. The first-order valence-electron chi connectivity index (χ1n) is 10.4. The summed E-state index contributed by atoms with van der Waals surface area (Å²) in [5.74, 6) is -0.310. The molecule has 168 valence electrons. The number of carbonyl (C=O) groups is 2. The number of nitrogens with one attached hydrogen (secondary N) is 1. The van der Waals surface area contributed by atoms with Crippen molar-refractivity contribution in [2.45, 2.75) is 38.6 Å². The van der Waals surface area contributed by atoms with Crippen LogP contribution in [0.5, 0.6) is 0 Å². The molecule has 0 aliphatic heterocycles.